The van der Waals surface area contributed by atoms with Gasteiger partial charge in [0.1, 0.15) is 11.6 Å². The molecule has 1 aliphatic carbocycles. The maximum absolute atomic E-state index is 13.1. The average molecular weight is 476 g/mol. The van der Waals surface area contributed by atoms with Crippen molar-refractivity contribution in [3.8, 4) is 0 Å². The van der Waals surface area contributed by atoms with E-state index in [2.05, 4.69) is 39.8 Å². The second-order valence-corrected chi connectivity index (χ2v) is 11.5. The Morgan fingerprint density at radius 1 is 1.09 bits per heavy atom. The summed E-state index contributed by atoms with van der Waals surface area (Å²) in [6, 6.07) is 10.1. The van der Waals surface area contributed by atoms with Crippen LogP contribution in [0.4, 0.5) is 4.79 Å². The second kappa shape index (κ2) is 12.7. The van der Waals surface area contributed by atoms with E-state index in [1.54, 1.807) is 11.8 Å². The molecule has 0 radical (unpaired) electrons. The van der Waals surface area contributed by atoms with Crippen molar-refractivity contribution in [2.45, 2.75) is 83.5 Å². The number of benzene rings is 1. The summed E-state index contributed by atoms with van der Waals surface area (Å²) in [7, 11) is 0. The highest BCUT2D eigenvalue weighted by atomic mass is 32.2. The van der Waals surface area contributed by atoms with Crippen molar-refractivity contribution < 1.29 is 14.3 Å². The van der Waals surface area contributed by atoms with Crippen LogP contribution in [0.25, 0.3) is 0 Å². The molecular weight excluding hydrogens is 434 g/mol. The van der Waals surface area contributed by atoms with Gasteiger partial charge in [0.2, 0.25) is 5.91 Å². The van der Waals surface area contributed by atoms with Gasteiger partial charge in [-0.15, -0.1) is 0 Å². The molecule has 0 bridgehead atoms. The molecule has 0 unspecified atom stereocenters. The van der Waals surface area contributed by atoms with Gasteiger partial charge in [-0.1, -0.05) is 43.2 Å². The van der Waals surface area contributed by atoms with Gasteiger partial charge in [-0.25, -0.2) is 4.79 Å². The molecule has 1 saturated carbocycles. The van der Waals surface area contributed by atoms with Crippen LogP contribution in [0, 0.1) is 5.92 Å². The minimum Gasteiger partial charge on any atom is -0.444 e. The smallest absolute Gasteiger partial charge is 0.408 e. The summed E-state index contributed by atoms with van der Waals surface area (Å²) in [4.78, 5) is 27.9. The number of carbonyl (C=O) groups is 2. The second-order valence-electron chi connectivity index (χ2n) is 10.4. The Bertz CT molecular complexity index is 739. The summed E-state index contributed by atoms with van der Waals surface area (Å²) in [5.41, 5.74) is 0.731. The number of carbonyl (C=O) groups excluding carboxylic acids is 2. The Morgan fingerprint density at radius 3 is 2.39 bits per heavy atom. The number of amides is 2. The van der Waals surface area contributed by atoms with Crippen LogP contribution < -0.4 is 10.6 Å². The third kappa shape index (κ3) is 9.57. The molecule has 1 aliphatic heterocycles. The fourth-order valence-electron chi connectivity index (χ4n) is 4.54. The predicted molar refractivity (Wildman–Crippen MR) is 135 cm³/mol. The van der Waals surface area contributed by atoms with E-state index in [0.717, 1.165) is 44.1 Å². The number of likely N-dealkylation sites (tertiary alicyclic amines) is 1. The Hall–Kier alpha value is -1.73. The number of hydrogen-bond acceptors (Lipinski definition) is 5. The Morgan fingerprint density at radius 2 is 1.76 bits per heavy atom. The highest BCUT2D eigenvalue weighted by Gasteiger charge is 2.28. The van der Waals surface area contributed by atoms with Crippen molar-refractivity contribution in [2.24, 2.45) is 5.92 Å². The minimum atomic E-state index is -0.590. The molecule has 184 valence electrons. The number of nitrogens with zero attached hydrogens (tertiary/aromatic N) is 1. The van der Waals surface area contributed by atoms with E-state index in [1.807, 2.05) is 26.8 Å². The molecule has 1 aromatic carbocycles. The number of hydrogen-bond donors (Lipinski definition) is 2. The molecule has 2 aliphatic rings. The van der Waals surface area contributed by atoms with Crippen LogP contribution in [-0.4, -0.2) is 59.2 Å². The number of piperidine rings is 1. The summed E-state index contributed by atoms with van der Waals surface area (Å²) in [5.74, 6) is 2.28. The van der Waals surface area contributed by atoms with Crippen molar-refractivity contribution in [3.63, 3.8) is 0 Å². The van der Waals surface area contributed by atoms with Crippen LogP contribution in [0.3, 0.4) is 0 Å². The lowest BCUT2D eigenvalue weighted by atomic mass is 10.0. The molecule has 1 heterocycles. The summed E-state index contributed by atoms with van der Waals surface area (Å²) >= 11 is 1.77. The molecule has 33 heavy (non-hydrogen) atoms. The molecule has 1 saturated heterocycles. The third-order valence-corrected chi connectivity index (χ3v) is 7.58. The van der Waals surface area contributed by atoms with Crippen molar-refractivity contribution >= 4 is 23.8 Å². The van der Waals surface area contributed by atoms with Crippen molar-refractivity contribution in [2.75, 3.05) is 24.6 Å². The van der Waals surface area contributed by atoms with E-state index < -0.39 is 17.7 Å². The van der Waals surface area contributed by atoms with E-state index >= 15 is 0 Å². The zero-order chi connectivity index (χ0) is 23.7. The lowest BCUT2D eigenvalue weighted by molar-refractivity contribution is -0.123. The lowest BCUT2D eigenvalue weighted by Gasteiger charge is -2.33. The summed E-state index contributed by atoms with van der Waals surface area (Å²) < 4.78 is 5.41. The zero-order valence-corrected chi connectivity index (χ0v) is 21.3. The Labute approximate surface area is 203 Å². The first kappa shape index (κ1) is 25.9. The number of thioether (sulfide) groups is 1. The van der Waals surface area contributed by atoms with Gasteiger partial charge in [0.05, 0.1) is 0 Å². The van der Waals surface area contributed by atoms with Gasteiger partial charge in [0.25, 0.3) is 0 Å². The average Bonchev–Trinajstić information content (AvgIpc) is 3.27. The predicted octanol–water partition coefficient (Wildman–Crippen LogP) is 4.58. The van der Waals surface area contributed by atoms with Gasteiger partial charge in [0.15, 0.2) is 0 Å². The zero-order valence-electron chi connectivity index (χ0n) is 20.5. The largest absolute Gasteiger partial charge is 0.444 e. The Kier molecular flexibility index (Phi) is 9.93. The molecule has 2 amide bonds. The SMILES string of the molecule is CC(C)(C)OC(=O)N[C@@H](CSCC1CCCC1)C(=O)NC1CCN(Cc2ccccc2)CC1. The normalized spacial score (nSPS) is 19.2. The highest BCUT2D eigenvalue weighted by Crippen LogP contribution is 2.28. The van der Waals surface area contributed by atoms with Gasteiger partial charge in [-0.3, -0.25) is 9.69 Å². The maximum Gasteiger partial charge on any atom is 0.408 e. The molecule has 0 spiro atoms. The first-order chi connectivity index (χ1) is 15.8. The first-order valence-electron chi connectivity index (χ1n) is 12.4. The van der Waals surface area contributed by atoms with E-state index in [-0.39, 0.29) is 11.9 Å². The standard InChI is InChI=1S/C26H41N3O3S/c1-26(2,3)32-25(31)28-23(19-33-18-21-11-7-8-12-21)24(30)27-22-13-15-29(16-14-22)17-20-9-5-4-6-10-20/h4-6,9-10,21-23H,7-8,11-19H2,1-3H3,(H,27,30)(H,28,31)/t23-/m0/s1. The number of rotatable bonds is 9. The van der Waals surface area contributed by atoms with Crippen LogP contribution in [0.1, 0.15) is 64.9 Å². The van der Waals surface area contributed by atoms with Gasteiger partial charge in [-0.2, -0.15) is 11.8 Å². The van der Waals surface area contributed by atoms with E-state index in [1.165, 1.54) is 31.2 Å². The molecule has 7 heteroatoms. The minimum absolute atomic E-state index is 0.0960. The van der Waals surface area contributed by atoms with E-state index in [9.17, 15) is 9.59 Å². The number of nitrogens with one attached hydrogen (secondary N) is 2. The third-order valence-electron chi connectivity index (χ3n) is 6.30. The number of alkyl carbamates (subject to hydrolysis) is 1. The van der Waals surface area contributed by atoms with Gasteiger partial charge in [0, 0.05) is 31.4 Å². The molecule has 1 aromatic rings. The highest BCUT2D eigenvalue weighted by molar-refractivity contribution is 7.99. The van der Waals surface area contributed by atoms with Crippen molar-refractivity contribution in [1.82, 2.24) is 15.5 Å². The van der Waals surface area contributed by atoms with Crippen LogP contribution in [0.5, 0.6) is 0 Å². The van der Waals surface area contributed by atoms with Gasteiger partial charge >= 0.3 is 6.09 Å². The van der Waals surface area contributed by atoms with Crippen LogP contribution in [-0.2, 0) is 16.1 Å². The number of ether oxygens (including phenoxy) is 1. The van der Waals surface area contributed by atoms with Crippen molar-refractivity contribution in [1.29, 1.82) is 0 Å². The van der Waals surface area contributed by atoms with E-state index in [0.29, 0.717) is 5.75 Å². The van der Waals surface area contributed by atoms with Crippen LogP contribution >= 0.6 is 11.8 Å². The summed E-state index contributed by atoms with van der Waals surface area (Å²) in [6.45, 7) is 8.36. The quantitative estimate of drug-likeness (QED) is 0.547. The molecule has 2 N–H and O–H groups in total. The van der Waals surface area contributed by atoms with Crippen LogP contribution in [0.2, 0.25) is 0 Å². The van der Waals surface area contributed by atoms with Gasteiger partial charge < -0.3 is 15.4 Å². The molecule has 0 aromatic heterocycles. The van der Waals surface area contributed by atoms with Crippen molar-refractivity contribution in [3.05, 3.63) is 35.9 Å². The molecule has 2 fully saturated rings. The maximum atomic E-state index is 13.1. The van der Waals surface area contributed by atoms with Gasteiger partial charge in [-0.05, 0) is 63.7 Å². The molecule has 3 rings (SSSR count). The molecule has 1 atom stereocenters. The monoisotopic (exact) mass is 475 g/mol. The van der Waals surface area contributed by atoms with E-state index in [4.69, 9.17) is 4.74 Å². The topological polar surface area (TPSA) is 70.7 Å². The Balaban J connectivity index is 1.47. The molecular formula is C26H41N3O3S. The fourth-order valence-corrected chi connectivity index (χ4v) is 5.81. The summed E-state index contributed by atoms with van der Waals surface area (Å²) in [6.07, 6.45) is 6.51. The lowest BCUT2D eigenvalue weighted by Crippen LogP contribution is -2.53. The molecule has 6 nitrogen and oxygen atoms in total. The fraction of sp³-hybridized carbons (Fsp3) is 0.692. The first-order valence-corrected chi connectivity index (χ1v) is 13.6. The summed E-state index contributed by atoms with van der Waals surface area (Å²) in [5, 5.41) is 6.03. The van der Waals surface area contributed by atoms with Crippen LogP contribution in [0.15, 0.2) is 30.3 Å².